The van der Waals surface area contributed by atoms with Crippen LogP contribution in [0.3, 0.4) is 0 Å². The van der Waals surface area contributed by atoms with E-state index >= 15 is 0 Å². The molecule has 49 heavy (non-hydrogen) atoms. The summed E-state index contributed by atoms with van der Waals surface area (Å²) in [7, 11) is 0. The second-order valence-electron chi connectivity index (χ2n) is 10.9. The lowest BCUT2D eigenvalue weighted by Crippen LogP contribution is -1.92. The Morgan fingerprint density at radius 2 is 1.00 bits per heavy atom. The largest absolute Gasteiger partial charge is 0.455 e. The van der Waals surface area contributed by atoms with Crippen molar-refractivity contribution in [1.29, 1.82) is 0 Å². The van der Waals surface area contributed by atoms with Crippen molar-refractivity contribution in [1.82, 2.24) is 0 Å². The van der Waals surface area contributed by atoms with Crippen LogP contribution in [-0.4, -0.2) is 0 Å². The van der Waals surface area contributed by atoms with Crippen LogP contribution in [0.4, 0.5) is 0 Å². The van der Waals surface area contributed by atoms with E-state index in [9.17, 15) is 13.7 Å². The Kier molecular flexibility index (Phi) is 2.84. The summed E-state index contributed by atoms with van der Waals surface area (Å²) < 4.78 is 234. The summed E-state index contributed by atoms with van der Waals surface area (Å²) in [6.07, 6.45) is 0. The molecule has 9 aromatic carbocycles. The highest BCUT2D eigenvalue weighted by Gasteiger charge is 2.25. The summed E-state index contributed by atoms with van der Waals surface area (Å²) in [6, 6.07) is -13.9. The summed E-state index contributed by atoms with van der Waals surface area (Å²) >= 11 is 0. The van der Waals surface area contributed by atoms with Crippen LogP contribution in [0.2, 0.25) is 0 Å². The molecular formula is C48H30O. The highest BCUT2D eigenvalue weighted by molar-refractivity contribution is 6.26. The molecule has 1 heterocycles. The van der Waals surface area contributed by atoms with Gasteiger partial charge in [-0.15, -0.1) is 0 Å². The molecule has 0 fully saturated rings. The molecule has 0 aliphatic carbocycles. The van der Waals surface area contributed by atoms with Crippen molar-refractivity contribution in [2.24, 2.45) is 0 Å². The Hall–Kier alpha value is -6.44. The van der Waals surface area contributed by atoms with Crippen molar-refractivity contribution < 1.29 is 38.7 Å². The van der Waals surface area contributed by atoms with Crippen LogP contribution >= 0.6 is 0 Å². The summed E-state index contributed by atoms with van der Waals surface area (Å²) in [4.78, 5) is 0. The van der Waals surface area contributed by atoms with Gasteiger partial charge in [0.2, 0.25) is 0 Å². The van der Waals surface area contributed by atoms with Crippen molar-refractivity contribution in [3.8, 4) is 44.7 Å². The topological polar surface area (TPSA) is 13.1 Å². The maximum Gasteiger partial charge on any atom is 0.143 e. The van der Waals surface area contributed by atoms with Crippen LogP contribution < -0.4 is 0 Å². The third-order valence-corrected chi connectivity index (χ3v) is 8.25. The molecule has 0 saturated carbocycles. The summed E-state index contributed by atoms with van der Waals surface area (Å²) in [5.41, 5.74) is -4.18. The summed E-state index contributed by atoms with van der Waals surface area (Å²) in [5.74, 6) is -0.830. The van der Waals surface area contributed by atoms with E-state index in [4.69, 9.17) is 25.0 Å². The SMILES string of the molecule is [2H]c1c([2H])c([2H])c(-c2c([2H])c([2H])c3c(-c4c5c([2H])c([2H])c([2H])c([2H])c5c(-c5ccccc5)c5c([2H])c([2H])c([2H])c([2H])c45)c(-c4c([2H])c([2H])c([2H])c5c([2H])c([2H])c6c([2H])c([2H])c([2H])c([2H])c6c45)oc3c2[2H])c([2H])c1[2H]. The first-order valence-corrected chi connectivity index (χ1v) is 14.8. The number of rotatable bonds is 4. The Morgan fingerprint density at radius 3 is 1.73 bits per heavy atom. The van der Waals surface area contributed by atoms with E-state index in [1.165, 1.54) is 12.1 Å². The molecule has 0 bridgehead atoms. The lowest BCUT2D eigenvalue weighted by Gasteiger charge is -2.18. The van der Waals surface area contributed by atoms with E-state index < -0.39 is 228 Å². The molecule has 0 aliphatic heterocycles. The third-order valence-electron chi connectivity index (χ3n) is 8.25. The van der Waals surface area contributed by atoms with Crippen LogP contribution in [0.1, 0.15) is 34.3 Å². The van der Waals surface area contributed by atoms with Crippen LogP contribution in [0, 0.1) is 0 Å². The molecule has 1 aromatic heterocycles. The average molecular weight is 648 g/mol. The van der Waals surface area contributed by atoms with Gasteiger partial charge in [0.1, 0.15) is 11.3 Å². The quantitative estimate of drug-likeness (QED) is 0.137. The van der Waals surface area contributed by atoms with Gasteiger partial charge in [-0.05, 0) is 72.0 Å². The Balaban J connectivity index is 1.62. The summed E-state index contributed by atoms with van der Waals surface area (Å²) in [5, 5.41) is -4.79. The van der Waals surface area contributed by atoms with Gasteiger partial charge in [0, 0.05) is 27.5 Å². The fourth-order valence-electron chi connectivity index (χ4n) is 6.23. The molecule has 0 aliphatic rings. The van der Waals surface area contributed by atoms with Gasteiger partial charge in [-0.1, -0.05) is 169 Å². The third kappa shape index (κ3) is 4.33. The lowest BCUT2D eigenvalue weighted by molar-refractivity contribution is 0.633. The highest BCUT2D eigenvalue weighted by Crippen LogP contribution is 2.51. The van der Waals surface area contributed by atoms with Crippen molar-refractivity contribution in [3.05, 3.63) is 181 Å². The molecule has 1 nitrogen and oxygen atoms in total. The van der Waals surface area contributed by atoms with Crippen LogP contribution in [0.25, 0.3) is 98.8 Å². The predicted octanol–water partition coefficient (Wildman–Crippen LogP) is 13.7. The molecule has 228 valence electrons. The zero-order valence-electron chi connectivity index (χ0n) is 49.8. The van der Waals surface area contributed by atoms with Gasteiger partial charge in [-0.25, -0.2) is 0 Å². The normalized spacial score (nSPS) is 18.8. The van der Waals surface area contributed by atoms with E-state index in [0.29, 0.717) is 0 Å². The van der Waals surface area contributed by atoms with Crippen LogP contribution in [0.5, 0.6) is 0 Å². The molecule has 0 spiro atoms. The predicted molar refractivity (Wildman–Crippen MR) is 208 cm³/mol. The second-order valence-corrected chi connectivity index (χ2v) is 10.9. The number of hydrogen-bond acceptors (Lipinski definition) is 1. The molecule has 0 N–H and O–H groups in total. The minimum atomic E-state index is -0.988. The maximum absolute atomic E-state index is 9.81. The van der Waals surface area contributed by atoms with E-state index in [-0.39, 0.29) is 21.9 Å². The van der Waals surface area contributed by atoms with Gasteiger partial charge >= 0.3 is 0 Å². The van der Waals surface area contributed by atoms with Crippen molar-refractivity contribution in [3.63, 3.8) is 0 Å². The first-order valence-electron chi connectivity index (χ1n) is 27.3. The zero-order valence-corrected chi connectivity index (χ0v) is 24.8. The Morgan fingerprint density at radius 1 is 0.388 bits per heavy atom. The van der Waals surface area contributed by atoms with Crippen molar-refractivity contribution in [2.45, 2.75) is 0 Å². The van der Waals surface area contributed by atoms with Gasteiger partial charge in [0.05, 0.1) is 34.3 Å². The number of hydrogen-bond donors (Lipinski definition) is 0. The van der Waals surface area contributed by atoms with Gasteiger partial charge < -0.3 is 4.42 Å². The highest BCUT2D eigenvalue weighted by atomic mass is 16.3. The summed E-state index contributed by atoms with van der Waals surface area (Å²) in [6.45, 7) is 0. The first kappa shape index (κ1) is 12.5. The van der Waals surface area contributed by atoms with Gasteiger partial charge in [-0.2, -0.15) is 0 Å². The van der Waals surface area contributed by atoms with Crippen molar-refractivity contribution in [2.75, 3.05) is 0 Å². The second kappa shape index (κ2) is 11.1. The van der Waals surface area contributed by atoms with Gasteiger partial charge in [0.15, 0.2) is 0 Å². The molecule has 0 unspecified atom stereocenters. The Bertz CT molecular complexity index is 4190. The molecule has 0 radical (unpaired) electrons. The monoisotopic (exact) mass is 647 g/mol. The van der Waals surface area contributed by atoms with Gasteiger partial charge in [0.25, 0.3) is 0 Å². The molecular weight excluding hydrogens is 593 g/mol. The average Bonchev–Trinajstić information content (AvgIpc) is 3.78. The van der Waals surface area contributed by atoms with Crippen LogP contribution in [0.15, 0.2) is 186 Å². The molecule has 0 atom stereocenters. The van der Waals surface area contributed by atoms with E-state index in [1.807, 2.05) is 0 Å². The van der Waals surface area contributed by atoms with E-state index in [1.54, 1.807) is 18.2 Å². The molecule has 1 heteroatoms. The fourth-order valence-corrected chi connectivity index (χ4v) is 6.23. The van der Waals surface area contributed by atoms with Gasteiger partial charge in [-0.3, -0.25) is 0 Å². The maximum atomic E-state index is 9.81. The lowest BCUT2D eigenvalue weighted by atomic mass is 9.84. The standard InChI is InChI=1S/C48H30O/c1-3-14-31(15-4-1)35-28-29-41-43(30-35)49-48(42-25-13-19-34-27-26-32-16-7-8-20-36(32)44(34)42)47(41)46-39-23-11-9-21-37(39)45(33-17-5-2-6-18-33)38-22-10-12-24-40(38)46/h1-30H/i1D,3D,4D,7D,8D,9D,10D,11D,12D,13D,14D,15D,16D,19D,20D,21D,22D,23D,24D,25D,26D,27D,28D,29D,30D. The minimum Gasteiger partial charge on any atom is -0.455 e. The number of fused-ring (bicyclic) bond motifs is 6. The number of furan rings is 1. The smallest absolute Gasteiger partial charge is 0.143 e. The van der Waals surface area contributed by atoms with E-state index in [2.05, 4.69) is 0 Å². The molecule has 0 amide bonds. The minimum absolute atomic E-state index is 0.118. The Labute approximate surface area is 319 Å². The molecule has 10 aromatic rings. The number of benzene rings is 9. The first-order chi connectivity index (χ1) is 34.7. The molecule has 0 saturated heterocycles. The molecule has 10 rings (SSSR count). The van der Waals surface area contributed by atoms with Crippen molar-refractivity contribution >= 4 is 54.1 Å². The fraction of sp³-hybridized carbons (Fsp3) is 0. The van der Waals surface area contributed by atoms with E-state index in [0.717, 1.165) is 0 Å². The van der Waals surface area contributed by atoms with Crippen LogP contribution in [-0.2, 0) is 0 Å². The zero-order chi connectivity index (χ0) is 54.1.